The molecule has 4 aromatic rings. The molecular weight excluding hydrogens is 388 g/mol. The summed E-state index contributed by atoms with van der Waals surface area (Å²) in [5, 5.41) is 2.93. The minimum atomic E-state index is -0.219. The van der Waals surface area contributed by atoms with Gasteiger partial charge in [-0.1, -0.05) is 25.1 Å². The number of benzene rings is 3. The molecule has 0 unspecified atom stereocenters. The Labute approximate surface area is 182 Å². The van der Waals surface area contributed by atoms with Crippen LogP contribution in [0.15, 0.2) is 59.0 Å². The Morgan fingerprint density at radius 1 is 0.968 bits per heavy atom. The lowest BCUT2D eigenvalue weighted by Crippen LogP contribution is -2.20. The number of anilines is 1. The summed E-state index contributed by atoms with van der Waals surface area (Å²) in [6, 6.07) is 17.6. The maximum atomic E-state index is 12.4. The van der Waals surface area contributed by atoms with Crippen molar-refractivity contribution in [3.63, 3.8) is 0 Å². The number of amides is 1. The van der Waals surface area contributed by atoms with Crippen LogP contribution in [-0.2, 0) is 11.2 Å². The average molecular weight is 415 g/mol. The number of hydrogen-bond acceptors (Lipinski definition) is 4. The number of carbonyl (C=O) groups excluding carboxylic acids is 1. The molecule has 1 N–H and O–H groups in total. The number of oxazole rings is 1. The van der Waals surface area contributed by atoms with Gasteiger partial charge in [-0.15, -0.1) is 0 Å². The Morgan fingerprint density at radius 2 is 1.71 bits per heavy atom. The van der Waals surface area contributed by atoms with Crippen molar-refractivity contribution in [2.75, 3.05) is 11.9 Å². The number of fused-ring (bicyclic) bond motifs is 1. The van der Waals surface area contributed by atoms with Crippen LogP contribution in [0.2, 0.25) is 0 Å². The van der Waals surface area contributed by atoms with E-state index in [2.05, 4.69) is 31.1 Å². The van der Waals surface area contributed by atoms with Gasteiger partial charge in [-0.05, 0) is 85.8 Å². The van der Waals surface area contributed by atoms with Crippen molar-refractivity contribution in [2.24, 2.45) is 0 Å². The maximum Gasteiger partial charge on any atom is 0.262 e. The number of nitrogens with zero attached hydrogens (tertiary/aromatic N) is 1. The first-order valence-corrected chi connectivity index (χ1v) is 10.4. The lowest BCUT2D eigenvalue weighted by molar-refractivity contribution is -0.118. The topological polar surface area (TPSA) is 64.4 Å². The fourth-order valence-corrected chi connectivity index (χ4v) is 3.35. The van der Waals surface area contributed by atoms with Crippen LogP contribution < -0.4 is 10.1 Å². The SMILES string of the molecule is CCc1ccc(OCC(=O)Nc2cc(-c3nc4cc(C)c(C)cc4o3)ccc2C)cc1. The molecule has 0 saturated heterocycles. The molecule has 1 amide bonds. The molecule has 31 heavy (non-hydrogen) atoms. The zero-order chi connectivity index (χ0) is 22.0. The highest BCUT2D eigenvalue weighted by molar-refractivity contribution is 5.93. The van der Waals surface area contributed by atoms with Gasteiger partial charge in [-0.25, -0.2) is 4.98 Å². The zero-order valence-corrected chi connectivity index (χ0v) is 18.3. The average Bonchev–Trinajstić information content (AvgIpc) is 3.17. The van der Waals surface area contributed by atoms with Crippen LogP contribution >= 0.6 is 0 Å². The van der Waals surface area contributed by atoms with Crippen LogP contribution in [0, 0.1) is 20.8 Å². The van der Waals surface area contributed by atoms with E-state index >= 15 is 0 Å². The van der Waals surface area contributed by atoms with Crippen molar-refractivity contribution >= 4 is 22.7 Å². The number of aromatic nitrogens is 1. The van der Waals surface area contributed by atoms with Gasteiger partial charge in [0.15, 0.2) is 12.2 Å². The molecule has 0 fully saturated rings. The largest absolute Gasteiger partial charge is 0.484 e. The Bertz CT molecular complexity index is 1200. The lowest BCUT2D eigenvalue weighted by Gasteiger charge is -2.11. The predicted molar refractivity (Wildman–Crippen MR) is 124 cm³/mol. The second-order valence-corrected chi connectivity index (χ2v) is 7.79. The number of ether oxygens (including phenoxy) is 1. The predicted octanol–water partition coefficient (Wildman–Crippen LogP) is 6.00. The molecule has 1 aromatic heterocycles. The molecule has 0 aliphatic carbocycles. The van der Waals surface area contributed by atoms with Gasteiger partial charge in [-0.3, -0.25) is 4.79 Å². The third-order valence-corrected chi connectivity index (χ3v) is 5.46. The minimum Gasteiger partial charge on any atom is -0.484 e. The van der Waals surface area contributed by atoms with E-state index in [0.29, 0.717) is 17.3 Å². The van der Waals surface area contributed by atoms with Crippen molar-refractivity contribution in [2.45, 2.75) is 34.1 Å². The van der Waals surface area contributed by atoms with Gasteiger partial charge in [0.25, 0.3) is 5.91 Å². The number of carbonyl (C=O) groups is 1. The summed E-state index contributed by atoms with van der Waals surface area (Å²) >= 11 is 0. The molecule has 5 nitrogen and oxygen atoms in total. The van der Waals surface area contributed by atoms with E-state index in [1.807, 2.05) is 61.5 Å². The molecule has 5 heteroatoms. The molecule has 158 valence electrons. The van der Waals surface area contributed by atoms with Gasteiger partial charge in [0.2, 0.25) is 5.89 Å². The Kier molecular flexibility index (Phi) is 5.76. The van der Waals surface area contributed by atoms with E-state index in [-0.39, 0.29) is 12.5 Å². The first-order valence-electron chi connectivity index (χ1n) is 10.4. The van der Waals surface area contributed by atoms with E-state index < -0.39 is 0 Å². The van der Waals surface area contributed by atoms with Crippen LogP contribution in [0.4, 0.5) is 5.69 Å². The number of rotatable bonds is 6. The van der Waals surface area contributed by atoms with Gasteiger partial charge in [0.1, 0.15) is 11.3 Å². The summed E-state index contributed by atoms with van der Waals surface area (Å²) in [5.74, 6) is 0.987. The van der Waals surface area contributed by atoms with Gasteiger partial charge in [0, 0.05) is 11.3 Å². The van der Waals surface area contributed by atoms with Crippen molar-refractivity contribution in [3.05, 3.63) is 76.9 Å². The summed E-state index contributed by atoms with van der Waals surface area (Å²) in [4.78, 5) is 17.1. The summed E-state index contributed by atoms with van der Waals surface area (Å²) in [7, 11) is 0. The van der Waals surface area contributed by atoms with Gasteiger partial charge in [0.05, 0.1) is 0 Å². The van der Waals surface area contributed by atoms with E-state index in [0.717, 1.165) is 34.2 Å². The van der Waals surface area contributed by atoms with E-state index in [1.165, 1.54) is 11.1 Å². The zero-order valence-electron chi connectivity index (χ0n) is 18.3. The molecule has 0 aliphatic rings. The van der Waals surface area contributed by atoms with Crippen LogP contribution in [0.3, 0.4) is 0 Å². The molecule has 0 spiro atoms. The minimum absolute atomic E-state index is 0.0589. The quantitative estimate of drug-likeness (QED) is 0.420. The highest BCUT2D eigenvalue weighted by Gasteiger charge is 2.13. The normalized spacial score (nSPS) is 11.0. The summed E-state index contributed by atoms with van der Waals surface area (Å²) in [5.41, 5.74) is 7.62. The molecule has 0 radical (unpaired) electrons. The number of hydrogen-bond donors (Lipinski definition) is 1. The maximum absolute atomic E-state index is 12.4. The van der Waals surface area contributed by atoms with E-state index in [4.69, 9.17) is 9.15 Å². The second-order valence-electron chi connectivity index (χ2n) is 7.79. The molecular formula is C26H26N2O3. The molecule has 0 bridgehead atoms. The van der Waals surface area contributed by atoms with Crippen molar-refractivity contribution in [1.82, 2.24) is 4.98 Å². The van der Waals surface area contributed by atoms with Crippen LogP contribution in [0.1, 0.15) is 29.2 Å². The lowest BCUT2D eigenvalue weighted by atomic mass is 10.1. The number of nitrogens with one attached hydrogen (secondary N) is 1. The van der Waals surface area contributed by atoms with Crippen LogP contribution in [-0.4, -0.2) is 17.5 Å². The van der Waals surface area contributed by atoms with E-state index in [9.17, 15) is 4.79 Å². The van der Waals surface area contributed by atoms with Crippen molar-refractivity contribution in [3.8, 4) is 17.2 Å². The van der Waals surface area contributed by atoms with Crippen molar-refractivity contribution in [1.29, 1.82) is 0 Å². The fraction of sp³-hybridized carbons (Fsp3) is 0.231. The molecule has 0 atom stereocenters. The molecule has 3 aromatic carbocycles. The Balaban J connectivity index is 1.49. The highest BCUT2D eigenvalue weighted by atomic mass is 16.5. The third kappa shape index (κ3) is 4.61. The Morgan fingerprint density at radius 3 is 2.45 bits per heavy atom. The molecule has 1 heterocycles. The summed E-state index contributed by atoms with van der Waals surface area (Å²) in [6.07, 6.45) is 0.968. The summed E-state index contributed by atoms with van der Waals surface area (Å²) < 4.78 is 11.6. The fourth-order valence-electron chi connectivity index (χ4n) is 3.35. The second kappa shape index (κ2) is 8.64. The van der Waals surface area contributed by atoms with Crippen LogP contribution in [0.5, 0.6) is 5.75 Å². The first-order chi connectivity index (χ1) is 14.9. The van der Waals surface area contributed by atoms with Gasteiger partial charge < -0.3 is 14.5 Å². The standard InChI is InChI=1S/C26H26N2O3/c1-5-19-7-10-21(11-8-19)30-15-25(29)27-22-14-20(9-6-16(22)2)26-28-23-12-17(3)18(4)13-24(23)31-26/h6-14H,5,15H2,1-4H3,(H,27,29). The molecule has 0 saturated carbocycles. The van der Waals surface area contributed by atoms with Gasteiger partial charge in [-0.2, -0.15) is 0 Å². The van der Waals surface area contributed by atoms with Gasteiger partial charge >= 0.3 is 0 Å². The Hall–Kier alpha value is -3.60. The first kappa shape index (κ1) is 20.7. The number of aryl methyl sites for hydroxylation is 4. The smallest absolute Gasteiger partial charge is 0.262 e. The summed E-state index contributed by atoms with van der Waals surface area (Å²) in [6.45, 7) is 8.10. The highest BCUT2D eigenvalue weighted by Crippen LogP contribution is 2.29. The molecule has 4 rings (SSSR count). The van der Waals surface area contributed by atoms with E-state index in [1.54, 1.807) is 0 Å². The molecule has 0 aliphatic heterocycles. The third-order valence-electron chi connectivity index (χ3n) is 5.46. The van der Waals surface area contributed by atoms with Crippen molar-refractivity contribution < 1.29 is 13.9 Å². The van der Waals surface area contributed by atoms with Crippen LogP contribution in [0.25, 0.3) is 22.6 Å². The monoisotopic (exact) mass is 414 g/mol.